The van der Waals surface area contributed by atoms with Gasteiger partial charge in [0.25, 0.3) is 5.91 Å². The molecule has 0 saturated carbocycles. The van der Waals surface area contributed by atoms with E-state index in [9.17, 15) is 9.59 Å². The lowest BCUT2D eigenvalue weighted by molar-refractivity contribution is 0.0527. The molecule has 0 bridgehead atoms. The van der Waals surface area contributed by atoms with Crippen LogP contribution in [0.3, 0.4) is 0 Å². The van der Waals surface area contributed by atoms with E-state index < -0.39 is 0 Å². The average molecular weight is 456 g/mol. The maximum absolute atomic E-state index is 12.7. The quantitative estimate of drug-likeness (QED) is 0.512. The fourth-order valence-electron chi connectivity index (χ4n) is 3.42. The molecule has 0 atom stereocenters. The summed E-state index contributed by atoms with van der Waals surface area (Å²) in [6.07, 6.45) is 1.62. The van der Waals surface area contributed by atoms with Crippen molar-refractivity contribution >= 4 is 44.1 Å². The van der Waals surface area contributed by atoms with Gasteiger partial charge in [0, 0.05) is 14.9 Å². The minimum Gasteiger partial charge on any atom is -0.462 e. The first-order valence-corrected chi connectivity index (χ1v) is 10.7. The van der Waals surface area contributed by atoms with Gasteiger partial charge in [0.2, 0.25) is 0 Å². The predicted octanol–water partition coefficient (Wildman–Crippen LogP) is 5.71. The number of rotatable bonds is 4. The van der Waals surface area contributed by atoms with Gasteiger partial charge in [0.1, 0.15) is 5.00 Å². The average Bonchev–Trinajstić information content (AvgIpc) is 3.07. The van der Waals surface area contributed by atoms with Gasteiger partial charge in [-0.15, -0.1) is 11.3 Å². The Balaban J connectivity index is 1.76. The van der Waals surface area contributed by atoms with Gasteiger partial charge in [-0.25, -0.2) is 4.79 Å². The van der Waals surface area contributed by atoms with Crippen molar-refractivity contribution in [1.29, 1.82) is 0 Å². The summed E-state index contributed by atoms with van der Waals surface area (Å²) in [6, 6.07) is 15.3. The van der Waals surface area contributed by atoms with Crippen molar-refractivity contribution in [2.45, 2.75) is 19.8 Å². The number of carbonyl (C=O) groups excluding carboxylic acids is 2. The molecular formula is C22H18BrNO3S. The standard InChI is InChI=1S/C22H18BrNO3S/c1-2-27-22(26)18-17-12-9-13-5-3-4-6-16(13)19(17)28-21(18)24-20(25)14-7-10-15(23)11-8-14/h3-8,10-11H,2,9,12H2,1H3,(H,24,25). The fraction of sp³-hybridized carbons (Fsp3) is 0.182. The number of benzene rings is 2. The van der Waals surface area contributed by atoms with Crippen molar-refractivity contribution in [3.63, 3.8) is 0 Å². The number of hydrogen-bond acceptors (Lipinski definition) is 4. The van der Waals surface area contributed by atoms with Crippen LogP contribution in [0.2, 0.25) is 0 Å². The molecule has 142 valence electrons. The summed E-state index contributed by atoms with van der Waals surface area (Å²) < 4.78 is 6.20. The van der Waals surface area contributed by atoms with Gasteiger partial charge in [0.15, 0.2) is 0 Å². The largest absolute Gasteiger partial charge is 0.462 e. The first-order valence-electron chi connectivity index (χ1n) is 9.06. The maximum Gasteiger partial charge on any atom is 0.341 e. The van der Waals surface area contributed by atoms with Gasteiger partial charge in [-0.05, 0) is 60.7 Å². The number of carbonyl (C=O) groups is 2. The molecule has 4 rings (SSSR count). The molecular weight excluding hydrogens is 438 g/mol. The summed E-state index contributed by atoms with van der Waals surface area (Å²) in [4.78, 5) is 26.5. The molecule has 28 heavy (non-hydrogen) atoms. The van der Waals surface area contributed by atoms with Crippen molar-refractivity contribution in [1.82, 2.24) is 0 Å². The van der Waals surface area contributed by atoms with E-state index in [0.717, 1.165) is 33.3 Å². The van der Waals surface area contributed by atoms with Crippen LogP contribution in [-0.4, -0.2) is 18.5 Å². The minimum atomic E-state index is -0.384. The highest BCUT2D eigenvalue weighted by Gasteiger charge is 2.29. The second-order valence-corrected chi connectivity index (χ2v) is 8.39. The highest BCUT2D eigenvalue weighted by atomic mass is 79.9. The third-order valence-corrected chi connectivity index (χ3v) is 6.44. The zero-order chi connectivity index (χ0) is 19.7. The van der Waals surface area contributed by atoms with E-state index in [1.807, 2.05) is 24.3 Å². The van der Waals surface area contributed by atoms with Gasteiger partial charge in [-0.1, -0.05) is 40.2 Å². The Morgan fingerprint density at radius 3 is 2.61 bits per heavy atom. The van der Waals surface area contributed by atoms with Crippen LogP contribution < -0.4 is 5.32 Å². The van der Waals surface area contributed by atoms with Crippen LogP contribution in [0.5, 0.6) is 0 Å². The number of thiophene rings is 1. The summed E-state index contributed by atoms with van der Waals surface area (Å²) in [7, 11) is 0. The predicted molar refractivity (Wildman–Crippen MR) is 115 cm³/mol. The van der Waals surface area contributed by atoms with E-state index in [4.69, 9.17) is 4.74 Å². The molecule has 1 heterocycles. The van der Waals surface area contributed by atoms with Crippen LogP contribution in [0.25, 0.3) is 10.4 Å². The van der Waals surface area contributed by atoms with Crippen molar-refractivity contribution in [2.24, 2.45) is 0 Å². The number of anilines is 1. The Kier molecular flexibility index (Phi) is 5.33. The van der Waals surface area contributed by atoms with Crippen molar-refractivity contribution in [2.75, 3.05) is 11.9 Å². The second-order valence-electron chi connectivity index (χ2n) is 6.45. The van der Waals surface area contributed by atoms with Crippen LogP contribution in [0.4, 0.5) is 5.00 Å². The Bertz CT molecular complexity index is 1060. The van der Waals surface area contributed by atoms with Crippen molar-refractivity contribution in [3.05, 3.63) is 75.3 Å². The molecule has 0 unspecified atom stereocenters. The summed E-state index contributed by atoms with van der Waals surface area (Å²) in [6.45, 7) is 2.08. The van der Waals surface area contributed by atoms with Crippen molar-refractivity contribution < 1.29 is 14.3 Å². The monoisotopic (exact) mass is 455 g/mol. The van der Waals surface area contributed by atoms with Crippen molar-refractivity contribution in [3.8, 4) is 10.4 Å². The highest BCUT2D eigenvalue weighted by Crippen LogP contribution is 2.45. The molecule has 0 aliphatic heterocycles. The molecule has 3 aromatic rings. The molecule has 0 radical (unpaired) electrons. The molecule has 1 N–H and O–H groups in total. The van der Waals surface area contributed by atoms with E-state index >= 15 is 0 Å². The molecule has 0 spiro atoms. The summed E-state index contributed by atoms with van der Waals surface area (Å²) in [5.41, 5.74) is 4.38. The van der Waals surface area contributed by atoms with E-state index in [-0.39, 0.29) is 11.9 Å². The third kappa shape index (κ3) is 3.50. The third-order valence-electron chi connectivity index (χ3n) is 4.73. The fourth-order valence-corrected chi connectivity index (χ4v) is 4.98. The van der Waals surface area contributed by atoms with E-state index in [1.54, 1.807) is 19.1 Å². The van der Waals surface area contributed by atoms with Gasteiger partial charge < -0.3 is 10.1 Å². The molecule has 4 nitrogen and oxygen atoms in total. The van der Waals surface area contributed by atoms with Gasteiger partial charge in [-0.3, -0.25) is 4.79 Å². The van der Waals surface area contributed by atoms with E-state index in [0.29, 0.717) is 22.7 Å². The Hall–Kier alpha value is -2.44. The highest BCUT2D eigenvalue weighted by molar-refractivity contribution is 9.10. The number of amides is 1. The summed E-state index contributed by atoms with van der Waals surface area (Å²) >= 11 is 4.82. The lowest BCUT2D eigenvalue weighted by Gasteiger charge is -2.16. The smallest absolute Gasteiger partial charge is 0.341 e. The zero-order valence-electron chi connectivity index (χ0n) is 15.3. The molecule has 2 aromatic carbocycles. The molecule has 0 saturated heterocycles. The van der Waals surface area contributed by atoms with Crippen LogP contribution in [0.15, 0.2) is 53.0 Å². The topological polar surface area (TPSA) is 55.4 Å². The molecule has 6 heteroatoms. The number of esters is 1. The van der Waals surface area contributed by atoms with Gasteiger partial charge >= 0.3 is 5.97 Å². The van der Waals surface area contributed by atoms with Gasteiger partial charge in [0.05, 0.1) is 12.2 Å². The van der Waals surface area contributed by atoms with Crippen LogP contribution in [0, 0.1) is 0 Å². The minimum absolute atomic E-state index is 0.245. The molecule has 1 aliphatic carbocycles. The Labute approximate surface area is 175 Å². The van der Waals surface area contributed by atoms with Crippen LogP contribution in [0.1, 0.15) is 38.8 Å². The van der Waals surface area contributed by atoms with E-state index in [2.05, 4.69) is 33.4 Å². The van der Waals surface area contributed by atoms with Crippen LogP contribution in [-0.2, 0) is 17.6 Å². The maximum atomic E-state index is 12.7. The number of hydrogen-bond donors (Lipinski definition) is 1. The Morgan fingerprint density at radius 2 is 1.86 bits per heavy atom. The lowest BCUT2D eigenvalue weighted by Crippen LogP contribution is -2.15. The first kappa shape index (κ1) is 18.9. The molecule has 1 aliphatic rings. The van der Waals surface area contributed by atoms with Crippen LogP contribution >= 0.6 is 27.3 Å². The molecule has 0 fully saturated rings. The normalized spacial score (nSPS) is 12.1. The number of ether oxygens (including phenoxy) is 1. The first-order chi connectivity index (χ1) is 13.6. The van der Waals surface area contributed by atoms with Gasteiger partial charge in [-0.2, -0.15) is 0 Å². The Morgan fingerprint density at radius 1 is 1.11 bits per heavy atom. The van der Waals surface area contributed by atoms with E-state index in [1.165, 1.54) is 16.9 Å². The number of nitrogens with one attached hydrogen (secondary N) is 1. The lowest BCUT2D eigenvalue weighted by atomic mass is 9.89. The summed E-state index contributed by atoms with van der Waals surface area (Å²) in [5, 5.41) is 3.49. The molecule has 1 aromatic heterocycles. The SMILES string of the molecule is CCOC(=O)c1c(NC(=O)c2ccc(Br)cc2)sc2c1CCc1ccccc1-2. The molecule has 1 amide bonds. The second kappa shape index (κ2) is 7.89. The number of halogens is 1. The summed E-state index contributed by atoms with van der Waals surface area (Å²) in [5.74, 6) is -0.629. The number of aryl methyl sites for hydroxylation is 1. The zero-order valence-corrected chi connectivity index (χ0v) is 17.7. The number of fused-ring (bicyclic) bond motifs is 3.